The lowest BCUT2D eigenvalue weighted by Gasteiger charge is -2.10. The van der Waals surface area contributed by atoms with E-state index in [-0.39, 0.29) is 18.1 Å². The molecule has 0 aliphatic rings. The maximum atomic E-state index is 11.1. The van der Waals surface area contributed by atoms with Gasteiger partial charge in [0, 0.05) is 12.3 Å². The molecule has 0 aliphatic heterocycles. The average molecular weight is 156 g/mol. The van der Waals surface area contributed by atoms with Crippen LogP contribution in [0.1, 0.15) is 27.2 Å². The van der Waals surface area contributed by atoms with Gasteiger partial charge in [-0.3, -0.25) is 4.79 Å². The average Bonchev–Trinajstić information content (AvgIpc) is 1.87. The lowest BCUT2D eigenvalue weighted by molar-refractivity contribution is -0.123. The number of aliphatic hydroxyl groups excluding tert-OH is 1. The number of ketones is 1. The lowest BCUT2D eigenvalue weighted by atomic mass is 10.0. The molecule has 0 aromatic heterocycles. The maximum Gasteiger partial charge on any atom is 0.138 e. The van der Waals surface area contributed by atoms with Crippen molar-refractivity contribution in [3.63, 3.8) is 0 Å². The number of aliphatic hydroxyl groups is 1. The number of carbonyl (C=O) groups excluding carboxylic acids is 1. The molecule has 11 heavy (non-hydrogen) atoms. The molecule has 0 aromatic carbocycles. The normalized spacial score (nSPS) is 13.2. The molecule has 0 amide bonds. The molecule has 1 atom stereocenters. The number of Topliss-reactive ketones (excluding diaryl/α,β-unsaturated/α-hetero) is 1. The highest BCUT2D eigenvalue weighted by atomic mass is 16.3. The maximum absolute atomic E-state index is 11.1. The largest absolute Gasteiger partial charge is 0.388 e. The summed E-state index contributed by atoms with van der Waals surface area (Å²) in [7, 11) is 0. The van der Waals surface area contributed by atoms with E-state index in [1.807, 2.05) is 13.8 Å². The van der Waals surface area contributed by atoms with Gasteiger partial charge in [-0.2, -0.15) is 0 Å². The molecule has 0 radical (unpaired) electrons. The van der Waals surface area contributed by atoms with Crippen LogP contribution in [0, 0.1) is 5.92 Å². The zero-order chi connectivity index (χ0) is 9.02. The van der Waals surface area contributed by atoms with Gasteiger partial charge in [0.2, 0.25) is 0 Å². The van der Waals surface area contributed by atoms with E-state index in [4.69, 9.17) is 0 Å². The first-order valence-corrected chi connectivity index (χ1v) is 3.81. The van der Waals surface area contributed by atoms with Crippen LogP contribution in [0.15, 0.2) is 12.2 Å². The Morgan fingerprint density at radius 1 is 1.55 bits per heavy atom. The summed E-state index contributed by atoms with van der Waals surface area (Å²) in [5, 5.41) is 9.23. The van der Waals surface area contributed by atoms with Crippen LogP contribution in [-0.2, 0) is 4.79 Å². The van der Waals surface area contributed by atoms with Crippen molar-refractivity contribution in [3.8, 4) is 0 Å². The van der Waals surface area contributed by atoms with E-state index in [9.17, 15) is 9.90 Å². The van der Waals surface area contributed by atoms with Gasteiger partial charge >= 0.3 is 0 Å². The predicted octanol–water partition coefficient (Wildman–Crippen LogP) is 1.54. The summed E-state index contributed by atoms with van der Waals surface area (Å²) in [4.78, 5) is 11.1. The Kier molecular flexibility index (Phi) is 4.04. The molecule has 64 valence electrons. The van der Waals surface area contributed by atoms with Crippen LogP contribution in [0.4, 0.5) is 0 Å². The second-order valence-electron chi connectivity index (χ2n) is 3.19. The van der Waals surface area contributed by atoms with E-state index in [0.29, 0.717) is 5.57 Å². The minimum Gasteiger partial charge on any atom is -0.388 e. The Morgan fingerprint density at radius 2 is 2.00 bits per heavy atom. The fourth-order valence-electron chi connectivity index (χ4n) is 0.600. The highest BCUT2D eigenvalue weighted by Gasteiger charge is 2.13. The number of hydrogen-bond donors (Lipinski definition) is 1. The zero-order valence-electron chi connectivity index (χ0n) is 7.42. The molecule has 0 fully saturated rings. The van der Waals surface area contributed by atoms with Gasteiger partial charge < -0.3 is 5.11 Å². The van der Waals surface area contributed by atoms with Gasteiger partial charge in [0.05, 0.1) is 6.10 Å². The lowest BCUT2D eigenvalue weighted by Crippen LogP contribution is -2.17. The van der Waals surface area contributed by atoms with E-state index in [1.54, 1.807) is 6.92 Å². The number of hydrogen-bond acceptors (Lipinski definition) is 2. The van der Waals surface area contributed by atoms with Crippen molar-refractivity contribution in [2.24, 2.45) is 5.92 Å². The smallest absolute Gasteiger partial charge is 0.138 e. The van der Waals surface area contributed by atoms with Crippen molar-refractivity contribution in [1.29, 1.82) is 0 Å². The van der Waals surface area contributed by atoms with Gasteiger partial charge in [0.25, 0.3) is 0 Å². The molecule has 0 heterocycles. The fourth-order valence-corrected chi connectivity index (χ4v) is 0.600. The molecule has 0 saturated heterocycles. The van der Waals surface area contributed by atoms with E-state index in [2.05, 4.69) is 6.58 Å². The molecule has 0 spiro atoms. The molecule has 2 heteroatoms. The Morgan fingerprint density at radius 3 is 2.27 bits per heavy atom. The first-order chi connectivity index (χ1) is 4.95. The third-order valence-corrected chi connectivity index (χ3v) is 1.61. The number of carbonyl (C=O) groups is 1. The van der Waals surface area contributed by atoms with E-state index in [1.165, 1.54) is 0 Å². The standard InChI is InChI=1S/C9H16O2/c1-6(2)8(10)5-9(11)7(3)4/h7-8,10H,1,5H2,2-4H3. The van der Waals surface area contributed by atoms with Crippen molar-refractivity contribution in [1.82, 2.24) is 0 Å². The summed E-state index contributed by atoms with van der Waals surface area (Å²) in [6.45, 7) is 8.94. The van der Waals surface area contributed by atoms with Crippen molar-refractivity contribution in [3.05, 3.63) is 12.2 Å². The summed E-state index contributed by atoms with van der Waals surface area (Å²) in [5.41, 5.74) is 0.652. The molecule has 0 aliphatic carbocycles. The van der Waals surface area contributed by atoms with Crippen molar-refractivity contribution < 1.29 is 9.90 Å². The van der Waals surface area contributed by atoms with Crippen LogP contribution in [0.25, 0.3) is 0 Å². The van der Waals surface area contributed by atoms with Crippen LogP contribution < -0.4 is 0 Å². The molecule has 1 unspecified atom stereocenters. The number of rotatable bonds is 4. The van der Waals surface area contributed by atoms with Gasteiger partial charge in [0.1, 0.15) is 5.78 Å². The molecular weight excluding hydrogens is 140 g/mol. The van der Waals surface area contributed by atoms with Crippen LogP contribution >= 0.6 is 0 Å². The van der Waals surface area contributed by atoms with Gasteiger partial charge in [-0.1, -0.05) is 26.0 Å². The van der Waals surface area contributed by atoms with E-state index in [0.717, 1.165) is 0 Å². The second kappa shape index (κ2) is 4.29. The monoisotopic (exact) mass is 156 g/mol. The highest BCUT2D eigenvalue weighted by molar-refractivity contribution is 5.81. The Balaban J connectivity index is 3.85. The van der Waals surface area contributed by atoms with Gasteiger partial charge in [-0.15, -0.1) is 0 Å². The highest BCUT2D eigenvalue weighted by Crippen LogP contribution is 2.07. The summed E-state index contributed by atoms with van der Waals surface area (Å²) in [6, 6.07) is 0. The zero-order valence-corrected chi connectivity index (χ0v) is 7.42. The molecular formula is C9H16O2. The summed E-state index contributed by atoms with van der Waals surface area (Å²) in [5.74, 6) is 0.0875. The first kappa shape index (κ1) is 10.4. The van der Waals surface area contributed by atoms with E-state index < -0.39 is 6.10 Å². The third-order valence-electron chi connectivity index (χ3n) is 1.61. The Hall–Kier alpha value is -0.630. The SMILES string of the molecule is C=C(C)C(O)CC(=O)C(C)C. The molecule has 0 aromatic rings. The van der Waals surface area contributed by atoms with Crippen LogP contribution in [0.3, 0.4) is 0 Å². The van der Waals surface area contributed by atoms with Gasteiger partial charge in [-0.05, 0) is 6.92 Å². The van der Waals surface area contributed by atoms with Crippen LogP contribution in [0.5, 0.6) is 0 Å². The summed E-state index contributed by atoms with van der Waals surface area (Å²) < 4.78 is 0. The van der Waals surface area contributed by atoms with Crippen LogP contribution in [-0.4, -0.2) is 17.0 Å². The quantitative estimate of drug-likeness (QED) is 0.627. The van der Waals surface area contributed by atoms with Crippen molar-refractivity contribution in [2.45, 2.75) is 33.3 Å². The molecule has 0 bridgehead atoms. The molecule has 1 N–H and O–H groups in total. The van der Waals surface area contributed by atoms with Crippen molar-refractivity contribution >= 4 is 5.78 Å². The minimum atomic E-state index is -0.662. The second-order valence-corrected chi connectivity index (χ2v) is 3.19. The first-order valence-electron chi connectivity index (χ1n) is 3.81. The van der Waals surface area contributed by atoms with E-state index >= 15 is 0 Å². The third kappa shape index (κ3) is 3.94. The Bertz CT molecular complexity index is 159. The topological polar surface area (TPSA) is 37.3 Å². The molecule has 0 saturated carbocycles. The van der Waals surface area contributed by atoms with Gasteiger partial charge in [0.15, 0.2) is 0 Å². The van der Waals surface area contributed by atoms with Crippen molar-refractivity contribution in [2.75, 3.05) is 0 Å². The molecule has 0 rings (SSSR count). The predicted molar refractivity (Wildman–Crippen MR) is 45.3 cm³/mol. The fraction of sp³-hybridized carbons (Fsp3) is 0.667. The minimum absolute atomic E-state index is 0.00370. The summed E-state index contributed by atoms with van der Waals surface area (Å²) in [6.07, 6.45) is -0.461. The summed E-state index contributed by atoms with van der Waals surface area (Å²) >= 11 is 0. The van der Waals surface area contributed by atoms with Gasteiger partial charge in [-0.25, -0.2) is 0 Å². The Labute approximate surface area is 67.9 Å². The van der Waals surface area contributed by atoms with Crippen LogP contribution in [0.2, 0.25) is 0 Å². The molecule has 2 nitrogen and oxygen atoms in total.